The molecule has 228 valence electrons. The number of esters is 2. The van der Waals surface area contributed by atoms with Crippen LogP contribution in [0.3, 0.4) is 0 Å². The third-order valence-electron chi connectivity index (χ3n) is 7.20. The van der Waals surface area contributed by atoms with Crippen molar-refractivity contribution in [1.82, 2.24) is 4.90 Å². The van der Waals surface area contributed by atoms with Crippen molar-refractivity contribution in [3.63, 3.8) is 0 Å². The number of unbranched alkanes of at least 4 members (excludes halogenated alkanes) is 1. The van der Waals surface area contributed by atoms with Gasteiger partial charge in [-0.15, -0.1) is 0 Å². The lowest BCUT2D eigenvalue weighted by molar-refractivity contribution is -0.143. The Kier molecular flexibility index (Phi) is 12.8. The number of carbonyl (C=O) groups is 2. The summed E-state index contributed by atoms with van der Waals surface area (Å²) in [4.78, 5) is 26.1. The minimum Gasteiger partial charge on any atom is -0.489 e. The molecule has 0 unspecified atom stereocenters. The quantitative estimate of drug-likeness (QED) is 0.0748. The van der Waals surface area contributed by atoms with Crippen LogP contribution in [0.15, 0.2) is 103 Å². The first kappa shape index (κ1) is 32.2. The predicted octanol–water partition coefficient (Wildman–Crippen LogP) is 7.96. The van der Waals surface area contributed by atoms with Crippen LogP contribution in [0, 0.1) is 0 Å². The molecule has 0 radical (unpaired) electrons. The van der Waals surface area contributed by atoms with Gasteiger partial charge in [-0.2, -0.15) is 0 Å². The molecule has 0 aliphatic heterocycles. The molecule has 0 aromatic heterocycles. The lowest BCUT2D eigenvalue weighted by atomic mass is 10.1. The van der Waals surface area contributed by atoms with E-state index in [2.05, 4.69) is 59.5 Å². The maximum absolute atomic E-state index is 11.9. The van der Waals surface area contributed by atoms with Gasteiger partial charge in [0.2, 0.25) is 0 Å². The zero-order valence-electron chi connectivity index (χ0n) is 25.6. The highest BCUT2D eigenvalue weighted by Crippen LogP contribution is 2.23. The van der Waals surface area contributed by atoms with Gasteiger partial charge in [0.05, 0.1) is 19.3 Å². The summed E-state index contributed by atoms with van der Waals surface area (Å²) in [7, 11) is 1.38. The Balaban J connectivity index is 1.39. The summed E-state index contributed by atoms with van der Waals surface area (Å²) in [5.41, 5.74) is 6.10. The van der Waals surface area contributed by atoms with Crippen molar-refractivity contribution < 1.29 is 23.8 Å². The Labute approximate surface area is 260 Å². The van der Waals surface area contributed by atoms with Crippen LogP contribution < -0.4 is 4.74 Å². The Bertz CT molecular complexity index is 1480. The number of ether oxygens (including phenoxy) is 3. The maximum atomic E-state index is 11.9. The second-order valence-corrected chi connectivity index (χ2v) is 10.5. The first-order valence-electron chi connectivity index (χ1n) is 15.1. The van der Waals surface area contributed by atoms with Crippen molar-refractivity contribution in [2.24, 2.45) is 0 Å². The molecule has 0 bridgehead atoms. The van der Waals surface area contributed by atoms with Crippen LogP contribution in [-0.2, 0) is 34.0 Å². The van der Waals surface area contributed by atoms with E-state index in [0.29, 0.717) is 38.3 Å². The third-order valence-corrected chi connectivity index (χ3v) is 7.20. The van der Waals surface area contributed by atoms with Crippen molar-refractivity contribution >= 4 is 24.1 Å². The molecule has 0 saturated carbocycles. The number of benzene rings is 4. The summed E-state index contributed by atoms with van der Waals surface area (Å²) in [6.45, 7) is 4.85. The number of para-hydroxylation sites is 1. The van der Waals surface area contributed by atoms with E-state index in [4.69, 9.17) is 14.2 Å². The molecule has 0 atom stereocenters. The summed E-state index contributed by atoms with van der Waals surface area (Å²) in [6.07, 6.45) is 6.24. The summed E-state index contributed by atoms with van der Waals surface area (Å²) in [6, 6.07) is 34.3. The van der Waals surface area contributed by atoms with Gasteiger partial charge in [0, 0.05) is 25.1 Å². The van der Waals surface area contributed by atoms with E-state index in [-0.39, 0.29) is 11.9 Å². The van der Waals surface area contributed by atoms with E-state index < -0.39 is 0 Å². The lowest BCUT2D eigenvalue weighted by Crippen LogP contribution is -2.24. The molecule has 4 rings (SSSR count). The van der Waals surface area contributed by atoms with Crippen LogP contribution in [0.2, 0.25) is 0 Å². The van der Waals surface area contributed by atoms with Crippen molar-refractivity contribution in [3.05, 3.63) is 137 Å². The highest BCUT2D eigenvalue weighted by molar-refractivity contribution is 5.89. The second-order valence-electron chi connectivity index (χ2n) is 10.5. The molecule has 4 aromatic carbocycles. The van der Waals surface area contributed by atoms with Crippen LogP contribution in [0.1, 0.15) is 64.4 Å². The van der Waals surface area contributed by atoms with E-state index in [1.165, 1.54) is 12.7 Å². The standard InChI is InChI=1S/C38H41NO5/c1-3-43-37(40)15-9-10-26-39(27-32-22-24-34(25-23-32)38(41)42-2)28-35-13-7-8-14-36(35)44-29-33-20-18-31(19-21-33)17-16-30-11-5-4-6-12-30/h4-8,11-14,16-25H,3,9-10,15,26-29H2,1-2H3/b17-16+. The SMILES string of the molecule is CCOC(=O)CCCCN(Cc1ccc(C(=O)OC)cc1)Cc1ccccc1OCc1ccc(/C=C/c2ccccc2)cc1. The fourth-order valence-electron chi connectivity index (χ4n) is 4.83. The largest absolute Gasteiger partial charge is 0.489 e. The maximum Gasteiger partial charge on any atom is 0.337 e. The summed E-state index contributed by atoms with van der Waals surface area (Å²) in [5.74, 6) is 0.339. The summed E-state index contributed by atoms with van der Waals surface area (Å²) < 4.78 is 16.2. The zero-order valence-corrected chi connectivity index (χ0v) is 25.6. The molecule has 0 spiro atoms. The van der Waals surface area contributed by atoms with Crippen molar-refractivity contribution in [3.8, 4) is 5.75 Å². The molecule has 4 aromatic rings. The second kappa shape index (κ2) is 17.4. The minimum atomic E-state index is -0.350. The van der Waals surface area contributed by atoms with Crippen LogP contribution in [0.25, 0.3) is 12.2 Å². The lowest BCUT2D eigenvalue weighted by Gasteiger charge is -2.24. The Hall–Kier alpha value is -4.68. The smallest absolute Gasteiger partial charge is 0.337 e. The van der Waals surface area contributed by atoms with E-state index >= 15 is 0 Å². The molecular formula is C38H41NO5. The monoisotopic (exact) mass is 591 g/mol. The van der Waals surface area contributed by atoms with Gasteiger partial charge in [0.25, 0.3) is 0 Å². The fraction of sp³-hybridized carbons (Fsp3) is 0.263. The van der Waals surface area contributed by atoms with Gasteiger partial charge in [-0.25, -0.2) is 4.79 Å². The number of nitrogens with zero attached hydrogens (tertiary/aromatic N) is 1. The van der Waals surface area contributed by atoms with Gasteiger partial charge >= 0.3 is 11.9 Å². The van der Waals surface area contributed by atoms with Gasteiger partial charge < -0.3 is 14.2 Å². The van der Waals surface area contributed by atoms with E-state index in [9.17, 15) is 9.59 Å². The molecule has 0 saturated heterocycles. The molecule has 0 N–H and O–H groups in total. The number of hydrogen-bond donors (Lipinski definition) is 0. The van der Waals surface area contributed by atoms with Crippen LogP contribution in [0.4, 0.5) is 0 Å². The molecule has 0 aliphatic rings. The van der Waals surface area contributed by atoms with Gasteiger partial charge in [-0.05, 0) is 66.8 Å². The predicted molar refractivity (Wildman–Crippen MR) is 175 cm³/mol. The van der Waals surface area contributed by atoms with E-state index in [1.807, 2.05) is 55.5 Å². The number of rotatable bonds is 16. The Morgan fingerprint density at radius 1 is 0.727 bits per heavy atom. The highest BCUT2D eigenvalue weighted by atomic mass is 16.5. The first-order chi connectivity index (χ1) is 21.5. The van der Waals surface area contributed by atoms with E-state index in [1.54, 1.807) is 12.1 Å². The first-order valence-corrected chi connectivity index (χ1v) is 15.1. The number of methoxy groups -OCH3 is 1. The molecule has 0 fully saturated rings. The van der Waals surface area contributed by atoms with Crippen molar-refractivity contribution in [2.75, 3.05) is 20.3 Å². The molecular weight excluding hydrogens is 550 g/mol. The number of carbonyl (C=O) groups excluding carboxylic acids is 2. The average Bonchev–Trinajstić information content (AvgIpc) is 3.06. The molecule has 0 heterocycles. The fourth-order valence-corrected chi connectivity index (χ4v) is 4.83. The Morgan fingerprint density at radius 3 is 2.09 bits per heavy atom. The normalized spacial score (nSPS) is 11.1. The van der Waals surface area contributed by atoms with Gasteiger partial charge in [-0.1, -0.05) is 97.1 Å². The van der Waals surface area contributed by atoms with E-state index in [0.717, 1.165) is 47.4 Å². The van der Waals surface area contributed by atoms with Gasteiger partial charge in [0.15, 0.2) is 0 Å². The average molecular weight is 592 g/mol. The van der Waals surface area contributed by atoms with Crippen LogP contribution >= 0.6 is 0 Å². The molecule has 0 amide bonds. The Morgan fingerprint density at radius 2 is 1.39 bits per heavy atom. The zero-order chi connectivity index (χ0) is 31.0. The highest BCUT2D eigenvalue weighted by Gasteiger charge is 2.13. The van der Waals surface area contributed by atoms with Crippen LogP contribution in [0.5, 0.6) is 5.75 Å². The third kappa shape index (κ3) is 10.5. The van der Waals surface area contributed by atoms with Gasteiger partial charge in [0.1, 0.15) is 12.4 Å². The topological polar surface area (TPSA) is 65.1 Å². The molecule has 6 heteroatoms. The van der Waals surface area contributed by atoms with Gasteiger partial charge in [-0.3, -0.25) is 9.69 Å². The minimum absolute atomic E-state index is 0.156. The van der Waals surface area contributed by atoms with Crippen molar-refractivity contribution in [2.45, 2.75) is 45.9 Å². The number of hydrogen-bond acceptors (Lipinski definition) is 6. The van der Waals surface area contributed by atoms with Crippen LogP contribution in [-0.4, -0.2) is 37.1 Å². The summed E-state index contributed by atoms with van der Waals surface area (Å²) >= 11 is 0. The summed E-state index contributed by atoms with van der Waals surface area (Å²) in [5, 5.41) is 0. The molecule has 44 heavy (non-hydrogen) atoms. The molecule has 0 aliphatic carbocycles. The molecule has 6 nitrogen and oxygen atoms in total. The van der Waals surface area contributed by atoms with Crippen molar-refractivity contribution in [1.29, 1.82) is 0 Å².